The van der Waals surface area contributed by atoms with Crippen LogP contribution in [0.25, 0.3) is 0 Å². The Morgan fingerprint density at radius 1 is 1.33 bits per heavy atom. The van der Waals surface area contributed by atoms with Gasteiger partial charge in [-0.15, -0.1) is 0 Å². The highest BCUT2D eigenvalue weighted by Crippen LogP contribution is 2.31. The first-order valence-electron chi connectivity index (χ1n) is 7.65. The maximum absolute atomic E-state index is 13.1. The zero-order valence-electron chi connectivity index (χ0n) is 13.4. The molecule has 3 rings (SSSR count). The maximum Gasteiger partial charge on any atom is 0.254 e. The SMILES string of the molecule is CC(C)c1cc(Br)ccc1S(=O)(=O)N1CCc2c(nc[nH]c2=O)C1. The maximum atomic E-state index is 13.1. The van der Waals surface area contributed by atoms with E-state index in [0.29, 0.717) is 22.6 Å². The van der Waals surface area contributed by atoms with E-state index in [0.717, 1.165) is 10.0 Å². The molecule has 1 aromatic heterocycles. The van der Waals surface area contributed by atoms with Crippen molar-refractivity contribution in [3.05, 3.63) is 56.2 Å². The first-order chi connectivity index (χ1) is 11.3. The molecule has 0 spiro atoms. The van der Waals surface area contributed by atoms with Crippen LogP contribution < -0.4 is 5.56 Å². The van der Waals surface area contributed by atoms with E-state index in [9.17, 15) is 13.2 Å². The summed E-state index contributed by atoms with van der Waals surface area (Å²) >= 11 is 3.40. The highest BCUT2D eigenvalue weighted by Gasteiger charge is 2.32. The lowest BCUT2D eigenvalue weighted by Crippen LogP contribution is -2.39. The normalized spacial score (nSPS) is 15.5. The zero-order valence-corrected chi connectivity index (χ0v) is 15.8. The van der Waals surface area contributed by atoms with Gasteiger partial charge in [0.15, 0.2) is 0 Å². The number of fused-ring (bicyclic) bond motifs is 1. The number of aromatic amines is 1. The van der Waals surface area contributed by atoms with Crippen molar-refractivity contribution in [1.29, 1.82) is 0 Å². The second kappa shape index (κ2) is 6.42. The van der Waals surface area contributed by atoms with Gasteiger partial charge in [0, 0.05) is 16.6 Å². The van der Waals surface area contributed by atoms with E-state index in [1.54, 1.807) is 12.1 Å². The molecule has 1 aliphatic heterocycles. The third-order valence-corrected chi connectivity index (χ3v) is 6.60. The lowest BCUT2D eigenvalue weighted by atomic mass is 10.0. The fraction of sp³-hybridized carbons (Fsp3) is 0.375. The van der Waals surface area contributed by atoms with Crippen LogP contribution >= 0.6 is 15.9 Å². The molecule has 2 aromatic rings. The summed E-state index contributed by atoms with van der Waals surface area (Å²) in [5, 5.41) is 0. The minimum atomic E-state index is -3.65. The van der Waals surface area contributed by atoms with Gasteiger partial charge in [-0.3, -0.25) is 4.79 Å². The number of H-pyrrole nitrogens is 1. The average Bonchev–Trinajstić information content (AvgIpc) is 2.54. The second-order valence-corrected chi connectivity index (χ2v) is 8.90. The van der Waals surface area contributed by atoms with Crippen LogP contribution in [0.15, 0.2) is 38.7 Å². The Labute approximate surface area is 149 Å². The van der Waals surface area contributed by atoms with Crippen molar-refractivity contribution >= 4 is 26.0 Å². The van der Waals surface area contributed by atoms with Crippen LogP contribution in [-0.4, -0.2) is 29.2 Å². The van der Waals surface area contributed by atoms with Gasteiger partial charge >= 0.3 is 0 Å². The molecule has 1 aromatic carbocycles. The Balaban J connectivity index is 2.03. The third kappa shape index (κ3) is 3.05. The Morgan fingerprint density at radius 2 is 2.08 bits per heavy atom. The van der Waals surface area contributed by atoms with E-state index in [-0.39, 0.29) is 24.6 Å². The Bertz CT molecular complexity index is 938. The standard InChI is InChI=1S/C16H18BrN3O3S/c1-10(2)13-7-11(17)3-4-15(13)24(22,23)20-6-5-12-14(8-20)18-9-19-16(12)21/h3-4,7,9-10H,5-6,8H2,1-2H3,(H,18,19,21). The van der Waals surface area contributed by atoms with Gasteiger partial charge in [-0.05, 0) is 36.1 Å². The number of benzene rings is 1. The number of sulfonamides is 1. The van der Waals surface area contributed by atoms with E-state index >= 15 is 0 Å². The molecule has 0 unspecified atom stereocenters. The first-order valence-corrected chi connectivity index (χ1v) is 9.89. The van der Waals surface area contributed by atoms with Gasteiger partial charge in [0.05, 0.1) is 23.5 Å². The number of hydrogen-bond acceptors (Lipinski definition) is 4. The van der Waals surface area contributed by atoms with Gasteiger partial charge < -0.3 is 4.98 Å². The molecule has 0 amide bonds. The lowest BCUT2D eigenvalue weighted by molar-refractivity contribution is 0.383. The summed E-state index contributed by atoms with van der Waals surface area (Å²) in [6, 6.07) is 5.22. The van der Waals surface area contributed by atoms with Crippen LogP contribution in [0.4, 0.5) is 0 Å². The fourth-order valence-corrected chi connectivity index (χ4v) is 5.00. The van der Waals surface area contributed by atoms with Gasteiger partial charge in [-0.25, -0.2) is 13.4 Å². The zero-order chi connectivity index (χ0) is 17.5. The molecule has 0 bridgehead atoms. The number of rotatable bonds is 3. The first kappa shape index (κ1) is 17.3. The molecule has 1 aliphatic rings. The number of aromatic nitrogens is 2. The molecule has 0 aliphatic carbocycles. The van der Waals surface area contributed by atoms with Gasteiger partial charge in [0.25, 0.3) is 5.56 Å². The molecule has 0 radical (unpaired) electrons. The van der Waals surface area contributed by atoms with Crippen LogP contribution in [-0.2, 0) is 23.0 Å². The minimum Gasteiger partial charge on any atom is -0.313 e. The Kier molecular flexibility index (Phi) is 4.63. The molecule has 0 fully saturated rings. The molecule has 24 heavy (non-hydrogen) atoms. The third-order valence-electron chi connectivity index (χ3n) is 4.19. The van der Waals surface area contributed by atoms with Crippen molar-refractivity contribution in [2.24, 2.45) is 0 Å². The summed E-state index contributed by atoms with van der Waals surface area (Å²) in [4.78, 5) is 18.8. The van der Waals surface area contributed by atoms with E-state index < -0.39 is 10.0 Å². The van der Waals surface area contributed by atoms with Crippen LogP contribution in [0.5, 0.6) is 0 Å². The number of hydrogen-bond donors (Lipinski definition) is 1. The van der Waals surface area contributed by atoms with Crippen molar-refractivity contribution in [3.63, 3.8) is 0 Å². The molecule has 128 valence electrons. The van der Waals surface area contributed by atoms with E-state index in [4.69, 9.17) is 0 Å². The van der Waals surface area contributed by atoms with Gasteiger partial charge in [0.2, 0.25) is 10.0 Å². The molecule has 0 saturated carbocycles. The van der Waals surface area contributed by atoms with E-state index in [1.807, 2.05) is 19.9 Å². The minimum absolute atomic E-state index is 0.0744. The highest BCUT2D eigenvalue weighted by molar-refractivity contribution is 9.10. The average molecular weight is 412 g/mol. The quantitative estimate of drug-likeness (QED) is 0.840. The van der Waals surface area contributed by atoms with E-state index in [1.165, 1.54) is 10.6 Å². The molecule has 0 atom stereocenters. The number of nitrogens with one attached hydrogen (secondary N) is 1. The number of nitrogens with zero attached hydrogens (tertiary/aromatic N) is 2. The smallest absolute Gasteiger partial charge is 0.254 e. The van der Waals surface area contributed by atoms with Crippen molar-refractivity contribution in [3.8, 4) is 0 Å². The Hall–Kier alpha value is -1.51. The number of halogens is 1. The van der Waals surface area contributed by atoms with Crippen LogP contribution in [0.3, 0.4) is 0 Å². The summed E-state index contributed by atoms with van der Waals surface area (Å²) in [6.45, 7) is 4.33. The summed E-state index contributed by atoms with van der Waals surface area (Å²) < 4.78 is 28.5. The predicted molar refractivity (Wildman–Crippen MR) is 94.4 cm³/mol. The summed E-state index contributed by atoms with van der Waals surface area (Å²) in [6.07, 6.45) is 1.68. The van der Waals surface area contributed by atoms with Crippen molar-refractivity contribution in [1.82, 2.24) is 14.3 Å². The molecular formula is C16H18BrN3O3S. The largest absolute Gasteiger partial charge is 0.313 e. The summed E-state index contributed by atoms with van der Waals surface area (Å²) in [7, 11) is -3.65. The Morgan fingerprint density at radius 3 is 2.79 bits per heavy atom. The molecular weight excluding hydrogens is 394 g/mol. The lowest BCUT2D eigenvalue weighted by Gasteiger charge is -2.28. The van der Waals surface area contributed by atoms with Crippen LogP contribution in [0, 0.1) is 0 Å². The summed E-state index contributed by atoms with van der Waals surface area (Å²) in [5.74, 6) is 0.0744. The molecule has 1 N–H and O–H groups in total. The van der Waals surface area contributed by atoms with E-state index in [2.05, 4.69) is 25.9 Å². The van der Waals surface area contributed by atoms with Crippen LogP contribution in [0.2, 0.25) is 0 Å². The van der Waals surface area contributed by atoms with Gasteiger partial charge in [0.1, 0.15) is 0 Å². The highest BCUT2D eigenvalue weighted by atomic mass is 79.9. The predicted octanol–water partition coefficient (Wildman–Crippen LogP) is 2.40. The second-order valence-electron chi connectivity index (χ2n) is 6.08. The van der Waals surface area contributed by atoms with Gasteiger partial charge in [-0.1, -0.05) is 29.8 Å². The molecule has 0 saturated heterocycles. The summed E-state index contributed by atoms with van der Waals surface area (Å²) in [5.41, 5.74) is 1.68. The molecule has 6 nitrogen and oxygen atoms in total. The topological polar surface area (TPSA) is 83.1 Å². The van der Waals surface area contributed by atoms with Crippen LogP contribution in [0.1, 0.15) is 36.6 Å². The van der Waals surface area contributed by atoms with Crippen molar-refractivity contribution in [2.45, 2.75) is 37.6 Å². The fourth-order valence-electron chi connectivity index (χ4n) is 2.89. The molecule has 2 heterocycles. The van der Waals surface area contributed by atoms with Crippen molar-refractivity contribution in [2.75, 3.05) is 6.54 Å². The van der Waals surface area contributed by atoms with Crippen molar-refractivity contribution < 1.29 is 8.42 Å². The van der Waals surface area contributed by atoms with Gasteiger partial charge in [-0.2, -0.15) is 4.31 Å². The molecule has 8 heteroatoms. The monoisotopic (exact) mass is 411 g/mol.